The molecule has 2 heterocycles. The Hall–Kier alpha value is -0.120. The van der Waals surface area contributed by atoms with Crippen LogP contribution in [0.4, 0.5) is 0 Å². The summed E-state index contributed by atoms with van der Waals surface area (Å²) in [5, 5.41) is 0. The fourth-order valence-electron chi connectivity index (χ4n) is 3.33. The van der Waals surface area contributed by atoms with E-state index in [2.05, 4.69) is 0 Å². The quantitative estimate of drug-likeness (QED) is 0.642. The van der Waals surface area contributed by atoms with Crippen LogP contribution < -0.4 is 0 Å². The fraction of sp³-hybridized carbons (Fsp3) is 1.00. The highest BCUT2D eigenvalue weighted by molar-refractivity contribution is 4.97. The van der Waals surface area contributed by atoms with Gasteiger partial charge in [-0.1, -0.05) is 6.42 Å². The first kappa shape index (κ1) is 9.13. The first-order chi connectivity index (χ1) is 6.84. The van der Waals surface area contributed by atoms with E-state index in [-0.39, 0.29) is 11.9 Å². The molecule has 3 nitrogen and oxygen atoms in total. The highest BCUT2D eigenvalue weighted by atomic mass is 16.7. The lowest BCUT2D eigenvalue weighted by Crippen LogP contribution is -2.54. The highest BCUT2D eigenvalue weighted by Gasteiger charge is 2.54. The molecular weight excluding hydrogens is 180 g/mol. The predicted octanol–water partition coefficient (Wildman–Crippen LogP) is 1.71. The van der Waals surface area contributed by atoms with Crippen molar-refractivity contribution in [2.45, 2.75) is 50.1 Å². The molecular formula is C11H18O3. The minimum absolute atomic E-state index is 0.286. The molecule has 0 unspecified atom stereocenters. The van der Waals surface area contributed by atoms with E-state index in [1.807, 2.05) is 0 Å². The summed E-state index contributed by atoms with van der Waals surface area (Å²) in [6.07, 6.45) is 6.53. The topological polar surface area (TPSA) is 27.7 Å². The molecule has 2 saturated heterocycles. The summed E-state index contributed by atoms with van der Waals surface area (Å²) in [4.78, 5) is 0. The Balaban J connectivity index is 1.89. The number of ether oxygens (including phenoxy) is 3. The molecule has 4 atom stereocenters. The molecule has 0 aromatic heterocycles. The van der Waals surface area contributed by atoms with Crippen LogP contribution in [0.15, 0.2) is 0 Å². The average molecular weight is 198 g/mol. The monoisotopic (exact) mass is 198 g/mol. The van der Waals surface area contributed by atoms with Crippen LogP contribution in [0, 0.1) is 5.92 Å². The van der Waals surface area contributed by atoms with Gasteiger partial charge in [-0.25, -0.2) is 0 Å². The van der Waals surface area contributed by atoms with Crippen LogP contribution in [0.5, 0.6) is 0 Å². The van der Waals surface area contributed by atoms with Gasteiger partial charge in [0.2, 0.25) is 0 Å². The van der Waals surface area contributed by atoms with Gasteiger partial charge in [0.1, 0.15) is 0 Å². The van der Waals surface area contributed by atoms with Crippen LogP contribution >= 0.6 is 0 Å². The molecule has 0 aromatic carbocycles. The maximum atomic E-state index is 6.07. The molecule has 14 heavy (non-hydrogen) atoms. The van der Waals surface area contributed by atoms with Crippen LogP contribution in [0.25, 0.3) is 0 Å². The number of hydrogen-bond acceptors (Lipinski definition) is 3. The lowest BCUT2D eigenvalue weighted by atomic mass is 9.77. The van der Waals surface area contributed by atoms with Crippen molar-refractivity contribution in [3.05, 3.63) is 0 Å². The molecule has 0 amide bonds. The van der Waals surface area contributed by atoms with Gasteiger partial charge < -0.3 is 14.2 Å². The SMILES string of the molecule is CO[C@]12CCCC[C@H]1[C@H]1C[C@H](CO1)O2. The van der Waals surface area contributed by atoms with Gasteiger partial charge in [-0.05, 0) is 12.8 Å². The van der Waals surface area contributed by atoms with Gasteiger partial charge in [0.15, 0.2) is 5.79 Å². The van der Waals surface area contributed by atoms with Crippen LogP contribution in [-0.4, -0.2) is 31.7 Å². The van der Waals surface area contributed by atoms with Crippen molar-refractivity contribution in [1.82, 2.24) is 0 Å². The summed E-state index contributed by atoms with van der Waals surface area (Å²) in [6, 6.07) is 0. The van der Waals surface area contributed by atoms with E-state index in [1.165, 1.54) is 19.3 Å². The molecule has 3 rings (SSSR count). The average Bonchev–Trinajstić information content (AvgIpc) is 2.62. The van der Waals surface area contributed by atoms with Gasteiger partial charge in [0, 0.05) is 25.9 Å². The second kappa shape index (κ2) is 3.19. The minimum atomic E-state index is -0.303. The number of hydrogen-bond donors (Lipinski definition) is 0. The molecule has 1 aliphatic carbocycles. The van der Waals surface area contributed by atoms with E-state index in [4.69, 9.17) is 14.2 Å². The normalized spacial score (nSPS) is 51.6. The van der Waals surface area contributed by atoms with Crippen molar-refractivity contribution in [3.8, 4) is 0 Å². The van der Waals surface area contributed by atoms with Gasteiger partial charge in [0.25, 0.3) is 0 Å². The van der Waals surface area contributed by atoms with E-state index < -0.39 is 0 Å². The van der Waals surface area contributed by atoms with Gasteiger partial charge in [-0.3, -0.25) is 0 Å². The smallest absolute Gasteiger partial charge is 0.173 e. The van der Waals surface area contributed by atoms with Crippen LogP contribution in [0.2, 0.25) is 0 Å². The molecule has 0 N–H and O–H groups in total. The summed E-state index contributed by atoms with van der Waals surface area (Å²) >= 11 is 0. The lowest BCUT2D eigenvalue weighted by Gasteiger charge is -2.47. The summed E-state index contributed by atoms with van der Waals surface area (Å²) in [5.74, 6) is 0.169. The van der Waals surface area contributed by atoms with Gasteiger partial charge in [0.05, 0.1) is 18.8 Å². The second-order valence-electron chi connectivity index (χ2n) is 4.72. The van der Waals surface area contributed by atoms with Crippen LogP contribution in [0.1, 0.15) is 32.1 Å². The largest absolute Gasteiger partial charge is 0.375 e. The molecule has 3 heteroatoms. The second-order valence-corrected chi connectivity index (χ2v) is 4.72. The first-order valence-electron chi connectivity index (χ1n) is 5.69. The molecule has 2 bridgehead atoms. The Morgan fingerprint density at radius 2 is 2.29 bits per heavy atom. The molecule has 3 fully saturated rings. The Kier molecular flexibility index (Phi) is 2.08. The third-order valence-corrected chi connectivity index (χ3v) is 4.01. The van der Waals surface area contributed by atoms with Crippen molar-refractivity contribution in [1.29, 1.82) is 0 Å². The fourth-order valence-corrected chi connectivity index (χ4v) is 3.33. The first-order valence-corrected chi connectivity index (χ1v) is 5.69. The van der Waals surface area contributed by atoms with E-state index in [0.717, 1.165) is 19.4 Å². The highest BCUT2D eigenvalue weighted by Crippen LogP contribution is 2.48. The number of fused-ring (bicyclic) bond motifs is 4. The standard InChI is InChI=1S/C11H18O3/c1-12-11-5-3-2-4-9(11)10-6-8(14-11)7-13-10/h8-10H,2-7H2,1H3/t8-,9+,10-,11+/m1/s1. The zero-order valence-electron chi connectivity index (χ0n) is 8.70. The molecule has 3 aliphatic rings. The molecule has 1 saturated carbocycles. The van der Waals surface area contributed by atoms with Crippen molar-refractivity contribution >= 4 is 0 Å². The summed E-state index contributed by atoms with van der Waals surface area (Å²) in [6.45, 7) is 0.770. The predicted molar refractivity (Wildman–Crippen MR) is 50.9 cm³/mol. The third-order valence-electron chi connectivity index (χ3n) is 4.01. The van der Waals surface area contributed by atoms with Crippen molar-refractivity contribution in [2.75, 3.05) is 13.7 Å². The third kappa shape index (κ3) is 1.16. The minimum Gasteiger partial charge on any atom is -0.375 e. The Labute approximate surface area is 84.7 Å². The maximum Gasteiger partial charge on any atom is 0.173 e. The van der Waals surface area contributed by atoms with Crippen molar-refractivity contribution < 1.29 is 14.2 Å². The summed E-state index contributed by atoms with van der Waals surface area (Å²) in [7, 11) is 1.78. The lowest BCUT2D eigenvalue weighted by molar-refractivity contribution is -0.303. The maximum absolute atomic E-state index is 6.07. The zero-order valence-corrected chi connectivity index (χ0v) is 8.70. The van der Waals surface area contributed by atoms with Crippen molar-refractivity contribution in [3.63, 3.8) is 0 Å². The zero-order chi connectivity index (χ0) is 9.60. The molecule has 0 radical (unpaired) electrons. The van der Waals surface area contributed by atoms with E-state index in [9.17, 15) is 0 Å². The number of rotatable bonds is 1. The summed E-state index contributed by atoms with van der Waals surface area (Å²) < 4.78 is 17.5. The molecule has 2 aliphatic heterocycles. The Morgan fingerprint density at radius 3 is 3.14 bits per heavy atom. The van der Waals surface area contributed by atoms with E-state index in [1.54, 1.807) is 7.11 Å². The van der Waals surface area contributed by atoms with Gasteiger partial charge >= 0.3 is 0 Å². The van der Waals surface area contributed by atoms with Crippen LogP contribution in [0.3, 0.4) is 0 Å². The van der Waals surface area contributed by atoms with Crippen LogP contribution in [-0.2, 0) is 14.2 Å². The van der Waals surface area contributed by atoms with Crippen molar-refractivity contribution in [2.24, 2.45) is 5.92 Å². The van der Waals surface area contributed by atoms with Gasteiger partial charge in [-0.15, -0.1) is 0 Å². The molecule has 0 spiro atoms. The molecule has 80 valence electrons. The Bertz CT molecular complexity index is 231. The number of methoxy groups -OCH3 is 1. The summed E-state index contributed by atoms with van der Waals surface area (Å²) in [5.41, 5.74) is 0. The van der Waals surface area contributed by atoms with Gasteiger partial charge in [-0.2, -0.15) is 0 Å². The Morgan fingerprint density at radius 1 is 1.36 bits per heavy atom. The van der Waals surface area contributed by atoms with E-state index >= 15 is 0 Å². The van der Waals surface area contributed by atoms with E-state index in [0.29, 0.717) is 12.0 Å². The molecule has 0 aromatic rings.